The normalized spacial score (nSPS) is 19.5. The van der Waals surface area contributed by atoms with Crippen LogP contribution in [0.15, 0.2) is 12.1 Å². The summed E-state index contributed by atoms with van der Waals surface area (Å²) < 4.78 is 19.5. The Morgan fingerprint density at radius 2 is 2.21 bits per heavy atom. The van der Waals surface area contributed by atoms with E-state index in [9.17, 15) is 18.8 Å². The summed E-state index contributed by atoms with van der Waals surface area (Å²) in [5, 5.41) is 10.7. The van der Waals surface area contributed by atoms with Crippen LogP contribution in [0, 0.1) is 5.82 Å². The van der Waals surface area contributed by atoms with E-state index in [1.807, 2.05) is 0 Å². The third-order valence-electron chi connectivity index (χ3n) is 4.02. The van der Waals surface area contributed by atoms with Crippen molar-refractivity contribution in [3.8, 4) is 0 Å². The van der Waals surface area contributed by atoms with E-state index in [1.165, 1.54) is 15.9 Å². The van der Waals surface area contributed by atoms with Gasteiger partial charge in [0, 0.05) is 6.54 Å². The molecule has 2 N–H and O–H groups in total. The Morgan fingerprint density at radius 3 is 2.88 bits per heavy atom. The lowest BCUT2D eigenvalue weighted by Gasteiger charge is -2.18. The predicted octanol–water partition coefficient (Wildman–Crippen LogP) is 1.33. The molecule has 9 heteroatoms. The van der Waals surface area contributed by atoms with Gasteiger partial charge >= 0.3 is 12.2 Å². The molecule has 2 heterocycles. The number of likely N-dealkylation sites (N-methyl/N-ethyl adjacent to an activating group) is 1. The van der Waals surface area contributed by atoms with E-state index in [1.54, 1.807) is 13.0 Å². The maximum atomic E-state index is 14.4. The number of hydrogen-bond donors (Lipinski definition) is 2. The second kappa shape index (κ2) is 5.99. The van der Waals surface area contributed by atoms with Crippen molar-refractivity contribution in [2.24, 2.45) is 0 Å². The number of halogens is 1. The van der Waals surface area contributed by atoms with Crippen molar-refractivity contribution in [2.45, 2.75) is 19.4 Å². The van der Waals surface area contributed by atoms with Gasteiger partial charge in [-0.3, -0.25) is 9.69 Å². The Morgan fingerprint density at radius 1 is 1.46 bits per heavy atom. The average Bonchev–Trinajstić information content (AvgIpc) is 3.04. The Balaban J connectivity index is 1.83. The number of nitrogens with zero attached hydrogens (tertiary/aromatic N) is 2. The topological polar surface area (TPSA) is 99.2 Å². The summed E-state index contributed by atoms with van der Waals surface area (Å²) in [7, 11) is 0. The number of benzene rings is 1. The largest absolute Gasteiger partial charge is 0.465 e. The maximum Gasteiger partial charge on any atom is 0.414 e. The molecule has 1 fully saturated rings. The van der Waals surface area contributed by atoms with Gasteiger partial charge in [-0.15, -0.1) is 0 Å². The zero-order valence-corrected chi connectivity index (χ0v) is 12.9. The van der Waals surface area contributed by atoms with Gasteiger partial charge in [0.1, 0.15) is 11.9 Å². The van der Waals surface area contributed by atoms with Gasteiger partial charge in [0.15, 0.2) is 0 Å². The first kappa shape index (κ1) is 16.0. The Kier molecular flexibility index (Phi) is 4.00. The minimum atomic E-state index is -1.22. The van der Waals surface area contributed by atoms with Gasteiger partial charge in [-0.2, -0.15) is 0 Å². The molecule has 3 amide bonds. The fourth-order valence-corrected chi connectivity index (χ4v) is 2.99. The summed E-state index contributed by atoms with van der Waals surface area (Å²) in [5.74, 6) is -0.758. The zero-order valence-electron chi connectivity index (χ0n) is 12.9. The fourth-order valence-electron chi connectivity index (χ4n) is 2.99. The average molecular weight is 337 g/mol. The summed E-state index contributed by atoms with van der Waals surface area (Å²) in [6, 6.07) is 2.79. The minimum absolute atomic E-state index is 0.0485. The molecule has 0 aliphatic carbocycles. The Labute approximate surface area is 136 Å². The number of anilines is 2. The van der Waals surface area contributed by atoms with Crippen LogP contribution in [-0.2, 0) is 16.0 Å². The number of carbonyl (C=O) groups excluding carboxylic acids is 2. The van der Waals surface area contributed by atoms with Gasteiger partial charge < -0.3 is 20.1 Å². The first-order chi connectivity index (χ1) is 11.4. The lowest BCUT2D eigenvalue weighted by Crippen LogP contribution is -2.33. The third-order valence-corrected chi connectivity index (χ3v) is 4.02. The highest BCUT2D eigenvalue weighted by Crippen LogP contribution is 2.36. The molecule has 2 aliphatic rings. The first-order valence-corrected chi connectivity index (χ1v) is 7.48. The van der Waals surface area contributed by atoms with Crippen molar-refractivity contribution in [2.75, 3.05) is 29.4 Å². The van der Waals surface area contributed by atoms with E-state index < -0.39 is 24.1 Å². The maximum absolute atomic E-state index is 14.4. The fraction of sp³-hybridized carbons (Fsp3) is 0.400. The van der Waals surface area contributed by atoms with Crippen molar-refractivity contribution in [3.05, 3.63) is 23.5 Å². The van der Waals surface area contributed by atoms with Crippen LogP contribution >= 0.6 is 0 Å². The number of carbonyl (C=O) groups is 3. The quantitative estimate of drug-likeness (QED) is 0.863. The molecule has 0 saturated carbocycles. The summed E-state index contributed by atoms with van der Waals surface area (Å²) in [6.45, 7) is 2.19. The number of rotatable bonds is 4. The molecule has 3 rings (SSSR count). The molecule has 1 aromatic rings. The van der Waals surface area contributed by atoms with Crippen LogP contribution in [0.3, 0.4) is 0 Å². The number of hydrogen-bond acceptors (Lipinski definition) is 4. The molecule has 0 unspecified atom stereocenters. The number of cyclic esters (lactones) is 1. The van der Waals surface area contributed by atoms with E-state index in [4.69, 9.17) is 9.84 Å². The molecule has 8 nitrogen and oxygen atoms in total. The first-order valence-electron chi connectivity index (χ1n) is 7.48. The second-order valence-corrected chi connectivity index (χ2v) is 5.55. The molecule has 0 radical (unpaired) electrons. The monoisotopic (exact) mass is 337 g/mol. The number of ether oxygens (including phenoxy) is 1. The predicted molar refractivity (Wildman–Crippen MR) is 81.8 cm³/mol. The van der Waals surface area contributed by atoms with Gasteiger partial charge in [-0.25, -0.2) is 14.0 Å². The van der Waals surface area contributed by atoms with Crippen LogP contribution in [0.2, 0.25) is 0 Å². The van der Waals surface area contributed by atoms with Gasteiger partial charge in [0.25, 0.3) is 0 Å². The molecule has 0 bridgehead atoms. The molecule has 1 saturated heterocycles. The van der Waals surface area contributed by atoms with Crippen molar-refractivity contribution < 1.29 is 28.6 Å². The zero-order chi connectivity index (χ0) is 17.4. The smallest absolute Gasteiger partial charge is 0.414 e. The van der Waals surface area contributed by atoms with Crippen LogP contribution < -0.4 is 15.1 Å². The van der Waals surface area contributed by atoms with Crippen LogP contribution in [-0.4, -0.2) is 48.9 Å². The summed E-state index contributed by atoms with van der Waals surface area (Å²) in [4.78, 5) is 37.0. The lowest BCUT2D eigenvalue weighted by atomic mass is 10.1. The highest BCUT2D eigenvalue weighted by molar-refractivity contribution is 6.02. The molecule has 1 atom stereocenters. The lowest BCUT2D eigenvalue weighted by molar-refractivity contribution is -0.117. The highest BCUT2D eigenvalue weighted by atomic mass is 19.1. The van der Waals surface area contributed by atoms with Crippen LogP contribution in [0.4, 0.5) is 25.4 Å². The van der Waals surface area contributed by atoms with E-state index in [0.29, 0.717) is 17.8 Å². The molecule has 24 heavy (non-hydrogen) atoms. The van der Waals surface area contributed by atoms with Crippen LogP contribution in [0.25, 0.3) is 0 Å². The summed E-state index contributed by atoms with van der Waals surface area (Å²) >= 11 is 0. The third kappa shape index (κ3) is 2.72. The van der Waals surface area contributed by atoms with E-state index in [-0.39, 0.29) is 31.1 Å². The SMILES string of the molecule is CCN1C(=O)Cc2cc(N3C[C@H](CNC(=O)O)OC3=O)cc(F)c21. The Bertz CT molecular complexity index is 723. The van der Waals surface area contributed by atoms with Gasteiger partial charge in [-0.1, -0.05) is 0 Å². The van der Waals surface area contributed by atoms with Gasteiger partial charge in [0.2, 0.25) is 5.91 Å². The van der Waals surface area contributed by atoms with Crippen molar-refractivity contribution in [1.82, 2.24) is 5.32 Å². The van der Waals surface area contributed by atoms with E-state index in [0.717, 1.165) is 0 Å². The minimum Gasteiger partial charge on any atom is -0.465 e. The van der Waals surface area contributed by atoms with Crippen molar-refractivity contribution in [3.63, 3.8) is 0 Å². The van der Waals surface area contributed by atoms with Gasteiger partial charge in [0.05, 0.1) is 30.9 Å². The summed E-state index contributed by atoms with van der Waals surface area (Å²) in [6.07, 6.45) is -2.46. The van der Waals surface area contributed by atoms with Crippen molar-refractivity contribution >= 4 is 29.5 Å². The molecule has 2 aliphatic heterocycles. The van der Waals surface area contributed by atoms with E-state index in [2.05, 4.69) is 5.32 Å². The number of fused-ring (bicyclic) bond motifs is 1. The number of amides is 3. The van der Waals surface area contributed by atoms with E-state index >= 15 is 0 Å². The summed E-state index contributed by atoms with van der Waals surface area (Å²) in [5.41, 5.74) is 1.07. The molecular formula is C15H16FN3O5. The van der Waals surface area contributed by atoms with Gasteiger partial charge in [-0.05, 0) is 24.6 Å². The molecule has 1 aromatic carbocycles. The van der Waals surface area contributed by atoms with Crippen LogP contribution in [0.1, 0.15) is 12.5 Å². The number of nitrogens with one attached hydrogen (secondary N) is 1. The number of carboxylic acid groups (broad SMARTS) is 1. The molecular weight excluding hydrogens is 321 g/mol. The molecule has 0 spiro atoms. The van der Waals surface area contributed by atoms with Crippen molar-refractivity contribution in [1.29, 1.82) is 0 Å². The molecule has 0 aromatic heterocycles. The molecule has 128 valence electrons. The highest BCUT2D eigenvalue weighted by Gasteiger charge is 2.35. The standard InChI is InChI=1S/C15H16FN3O5/c1-2-18-12(20)4-8-3-9(5-11(16)13(8)18)19-7-10(24-15(19)23)6-17-14(21)22/h3,5,10,17H,2,4,6-7H2,1H3,(H,21,22)/t10-/m0/s1. The second-order valence-electron chi connectivity index (χ2n) is 5.55. The Hall–Kier alpha value is -2.84. The van der Waals surface area contributed by atoms with Crippen LogP contribution in [0.5, 0.6) is 0 Å².